The summed E-state index contributed by atoms with van der Waals surface area (Å²) in [5.74, 6) is -2.04. The number of ether oxygens (including phenoxy) is 1. The lowest BCUT2D eigenvalue weighted by Gasteiger charge is -2.22. The summed E-state index contributed by atoms with van der Waals surface area (Å²) in [5, 5.41) is 2.48. The highest BCUT2D eigenvalue weighted by atomic mass is 32.2. The summed E-state index contributed by atoms with van der Waals surface area (Å²) in [6.07, 6.45) is 0.880. The summed E-state index contributed by atoms with van der Waals surface area (Å²) in [6, 6.07) is 11.2. The number of sulfonamides is 1. The van der Waals surface area contributed by atoms with Crippen molar-refractivity contribution in [3.8, 4) is 0 Å². The van der Waals surface area contributed by atoms with Crippen molar-refractivity contribution >= 4 is 33.3 Å². The van der Waals surface area contributed by atoms with Crippen LogP contribution in [0, 0.1) is 5.82 Å². The molecule has 2 rings (SSSR count). The Morgan fingerprint density at radius 3 is 2.46 bits per heavy atom. The third kappa shape index (κ3) is 4.79. The number of hydrogen-bond acceptors (Lipinski definition) is 5. The third-order valence-corrected chi connectivity index (χ3v) is 4.50. The minimum absolute atomic E-state index is 0.222. The molecule has 9 heteroatoms. The van der Waals surface area contributed by atoms with Gasteiger partial charge in [-0.15, -0.1) is 0 Å². The van der Waals surface area contributed by atoms with Crippen LogP contribution in [0.1, 0.15) is 10.4 Å². The van der Waals surface area contributed by atoms with Gasteiger partial charge >= 0.3 is 5.97 Å². The molecule has 0 saturated heterocycles. The van der Waals surface area contributed by atoms with Crippen LogP contribution in [0.2, 0.25) is 0 Å². The number of hydrogen-bond donors (Lipinski definition) is 1. The Morgan fingerprint density at radius 1 is 1.15 bits per heavy atom. The standard InChI is InChI=1S/C17H17FN2O5S/c1-25-17(22)12-6-5-7-13(10-12)19-16(21)11-20(26(2,23)24)15-9-4-3-8-14(15)18/h3-10H,11H2,1-2H3,(H,19,21). The van der Waals surface area contributed by atoms with Crippen LogP contribution in [-0.4, -0.2) is 40.2 Å². The van der Waals surface area contributed by atoms with Gasteiger partial charge in [0.15, 0.2) is 0 Å². The van der Waals surface area contributed by atoms with E-state index in [-0.39, 0.29) is 16.9 Å². The number of nitrogens with one attached hydrogen (secondary N) is 1. The number of para-hydroxylation sites is 1. The Bertz CT molecular complexity index is 930. The van der Waals surface area contributed by atoms with E-state index in [4.69, 9.17) is 0 Å². The lowest BCUT2D eigenvalue weighted by molar-refractivity contribution is -0.114. The molecule has 0 radical (unpaired) electrons. The minimum atomic E-state index is -3.89. The molecule has 0 atom stereocenters. The van der Waals surface area contributed by atoms with Gasteiger partial charge in [0.25, 0.3) is 0 Å². The number of esters is 1. The van der Waals surface area contributed by atoms with E-state index in [1.54, 1.807) is 0 Å². The van der Waals surface area contributed by atoms with Crippen LogP contribution in [0.15, 0.2) is 48.5 Å². The van der Waals surface area contributed by atoms with Crippen LogP contribution in [0.4, 0.5) is 15.8 Å². The van der Waals surface area contributed by atoms with Gasteiger partial charge < -0.3 is 10.1 Å². The topological polar surface area (TPSA) is 92.8 Å². The first kappa shape index (κ1) is 19.4. The summed E-state index contributed by atoms with van der Waals surface area (Å²) in [6.45, 7) is -0.623. The van der Waals surface area contributed by atoms with Crippen LogP contribution in [0.3, 0.4) is 0 Å². The highest BCUT2D eigenvalue weighted by Crippen LogP contribution is 2.21. The van der Waals surface area contributed by atoms with E-state index in [0.29, 0.717) is 4.31 Å². The second-order valence-corrected chi connectivity index (χ2v) is 7.25. The van der Waals surface area contributed by atoms with Gasteiger partial charge in [-0.3, -0.25) is 9.10 Å². The maximum atomic E-state index is 13.9. The molecule has 0 aromatic heterocycles. The van der Waals surface area contributed by atoms with Crippen molar-refractivity contribution in [1.29, 1.82) is 0 Å². The van der Waals surface area contributed by atoms with Gasteiger partial charge in [-0.1, -0.05) is 18.2 Å². The van der Waals surface area contributed by atoms with Crippen LogP contribution >= 0.6 is 0 Å². The number of carbonyl (C=O) groups excluding carboxylic acids is 2. The number of nitrogens with zero attached hydrogens (tertiary/aromatic N) is 1. The molecule has 26 heavy (non-hydrogen) atoms. The molecule has 0 spiro atoms. The number of benzene rings is 2. The molecule has 1 N–H and O–H groups in total. The second-order valence-electron chi connectivity index (χ2n) is 5.34. The number of rotatable bonds is 6. The molecule has 0 heterocycles. The molecule has 7 nitrogen and oxygen atoms in total. The Balaban J connectivity index is 2.21. The lowest BCUT2D eigenvalue weighted by atomic mass is 10.2. The van der Waals surface area contributed by atoms with Crippen molar-refractivity contribution < 1.29 is 27.1 Å². The Labute approximate surface area is 150 Å². The predicted octanol–water partition coefficient (Wildman–Crippen LogP) is 2.02. The summed E-state index contributed by atoms with van der Waals surface area (Å²) in [4.78, 5) is 23.8. The lowest BCUT2D eigenvalue weighted by Crippen LogP contribution is -2.38. The molecule has 0 aliphatic carbocycles. The number of methoxy groups -OCH3 is 1. The monoisotopic (exact) mass is 380 g/mol. The minimum Gasteiger partial charge on any atom is -0.465 e. The van der Waals surface area contributed by atoms with Gasteiger partial charge in [0, 0.05) is 5.69 Å². The Kier molecular flexibility index (Phi) is 5.93. The van der Waals surface area contributed by atoms with Crippen LogP contribution in [-0.2, 0) is 19.6 Å². The Hall–Kier alpha value is -2.94. The summed E-state index contributed by atoms with van der Waals surface area (Å²) in [5.41, 5.74) is 0.271. The molecule has 2 aromatic carbocycles. The fraction of sp³-hybridized carbons (Fsp3) is 0.176. The normalized spacial score (nSPS) is 10.9. The fourth-order valence-electron chi connectivity index (χ4n) is 2.21. The maximum Gasteiger partial charge on any atom is 0.337 e. The zero-order valence-electron chi connectivity index (χ0n) is 14.1. The summed E-state index contributed by atoms with van der Waals surface area (Å²) < 4.78 is 43.1. The van der Waals surface area contributed by atoms with E-state index in [9.17, 15) is 22.4 Å². The average molecular weight is 380 g/mol. The fourth-order valence-corrected chi connectivity index (χ4v) is 3.06. The van der Waals surface area contributed by atoms with Crippen molar-refractivity contribution in [3.63, 3.8) is 0 Å². The van der Waals surface area contributed by atoms with E-state index in [1.165, 1.54) is 49.6 Å². The smallest absolute Gasteiger partial charge is 0.337 e. The molecule has 0 aliphatic heterocycles. The molecule has 0 saturated carbocycles. The molecule has 0 fully saturated rings. The van der Waals surface area contributed by atoms with Gasteiger partial charge in [-0.25, -0.2) is 17.6 Å². The van der Waals surface area contributed by atoms with Crippen LogP contribution < -0.4 is 9.62 Å². The van der Waals surface area contributed by atoms with Crippen molar-refractivity contribution in [2.75, 3.05) is 29.5 Å². The molecule has 0 aliphatic rings. The highest BCUT2D eigenvalue weighted by Gasteiger charge is 2.23. The van der Waals surface area contributed by atoms with E-state index in [2.05, 4.69) is 10.1 Å². The Morgan fingerprint density at radius 2 is 1.85 bits per heavy atom. The van der Waals surface area contributed by atoms with Gasteiger partial charge in [-0.2, -0.15) is 0 Å². The number of amides is 1. The van der Waals surface area contributed by atoms with Crippen molar-refractivity contribution in [3.05, 3.63) is 59.9 Å². The third-order valence-electron chi connectivity index (χ3n) is 3.38. The molecular weight excluding hydrogens is 363 g/mol. The van der Waals surface area contributed by atoms with E-state index >= 15 is 0 Å². The number of carbonyl (C=O) groups is 2. The number of halogens is 1. The van der Waals surface area contributed by atoms with Gasteiger partial charge in [0.2, 0.25) is 15.9 Å². The first-order valence-corrected chi connectivity index (χ1v) is 9.27. The largest absolute Gasteiger partial charge is 0.465 e. The molecule has 0 bridgehead atoms. The second kappa shape index (κ2) is 7.96. The molecule has 1 amide bonds. The van der Waals surface area contributed by atoms with Crippen LogP contribution in [0.25, 0.3) is 0 Å². The quantitative estimate of drug-likeness (QED) is 0.774. The highest BCUT2D eigenvalue weighted by molar-refractivity contribution is 7.92. The van der Waals surface area contributed by atoms with Crippen molar-refractivity contribution in [2.45, 2.75) is 0 Å². The van der Waals surface area contributed by atoms with Gasteiger partial charge in [0.1, 0.15) is 12.4 Å². The first-order valence-electron chi connectivity index (χ1n) is 7.43. The first-order chi connectivity index (χ1) is 12.2. The van der Waals surface area contributed by atoms with Crippen molar-refractivity contribution in [2.24, 2.45) is 0 Å². The zero-order valence-corrected chi connectivity index (χ0v) is 14.9. The van der Waals surface area contributed by atoms with Gasteiger partial charge in [0.05, 0.1) is 24.6 Å². The average Bonchev–Trinajstić information content (AvgIpc) is 2.59. The van der Waals surface area contributed by atoms with Crippen molar-refractivity contribution in [1.82, 2.24) is 0 Å². The summed E-state index contributed by atoms with van der Waals surface area (Å²) in [7, 11) is -2.67. The molecule has 0 unspecified atom stereocenters. The maximum absolute atomic E-state index is 13.9. The van der Waals surface area contributed by atoms with Crippen LogP contribution in [0.5, 0.6) is 0 Å². The van der Waals surface area contributed by atoms with Gasteiger partial charge in [-0.05, 0) is 30.3 Å². The van der Waals surface area contributed by atoms with E-state index in [0.717, 1.165) is 12.3 Å². The zero-order chi connectivity index (χ0) is 19.3. The molecule has 2 aromatic rings. The molecule has 138 valence electrons. The summed E-state index contributed by atoms with van der Waals surface area (Å²) >= 11 is 0. The van der Waals surface area contributed by atoms with E-state index in [1.807, 2.05) is 0 Å². The van der Waals surface area contributed by atoms with E-state index < -0.39 is 34.3 Å². The number of anilines is 2. The SMILES string of the molecule is COC(=O)c1cccc(NC(=O)CN(c2ccccc2F)S(C)(=O)=O)c1. The predicted molar refractivity (Wildman–Crippen MR) is 95.0 cm³/mol. The molecular formula is C17H17FN2O5S.